The van der Waals surface area contributed by atoms with Crippen molar-refractivity contribution in [3.05, 3.63) is 40.9 Å². The maximum absolute atomic E-state index is 12.0. The largest absolute Gasteiger partial charge is 0.496 e. The number of ether oxygens (including phenoxy) is 2. The van der Waals surface area contributed by atoms with Gasteiger partial charge in [0, 0.05) is 17.5 Å². The Morgan fingerprint density at radius 2 is 2.04 bits per heavy atom. The molecule has 0 fully saturated rings. The Balaban J connectivity index is 1.86. The summed E-state index contributed by atoms with van der Waals surface area (Å²) in [6.45, 7) is 0.375. The van der Waals surface area contributed by atoms with Gasteiger partial charge in [-0.15, -0.1) is 11.3 Å². The first kappa shape index (κ1) is 16.8. The molecule has 0 atom stereocenters. The van der Waals surface area contributed by atoms with Crippen molar-refractivity contribution in [1.82, 2.24) is 10.3 Å². The fourth-order valence-corrected chi connectivity index (χ4v) is 2.55. The fraction of sp³-hybridized carbons (Fsp3) is 0.267. The van der Waals surface area contributed by atoms with Crippen molar-refractivity contribution in [1.29, 1.82) is 0 Å². The second kappa shape index (κ2) is 8.14. The zero-order valence-corrected chi connectivity index (χ0v) is 13.6. The van der Waals surface area contributed by atoms with Crippen molar-refractivity contribution < 1.29 is 19.1 Å². The van der Waals surface area contributed by atoms with E-state index in [1.807, 2.05) is 24.3 Å². The highest BCUT2D eigenvalue weighted by Gasteiger charge is 2.10. The number of hydrogen-bond acceptors (Lipinski definition) is 6. The minimum absolute atomic E-state index is 0.133. The van der Waals surface area contributed by atoms with E-state index in [0.717, 1.165) is 11.3 Å². The molecule has 0 radical (unpaired) electrons. The van der Waals surface area contributed by atoms with Gasteiger partial charge in [-0.1, -0.05) is 18.2 Å². The number of anilines is 1. The maximum atomic E-state index is 12.0. The fourth-order valence-electron chi connectivity index (χ4n) is 1.85. The average molecular weight is 335 g/mol. The van der Waals surface area contributed by atoms with Gasteiger partial charge in [0.25, 0.3) is 0 Å². The summed E-state index contributed by atoms with van der Waals surface area (Å²) < 4.78 is 9.71. The van der Waals surface area contributed by atoms with Crippen molar-refractivity contribution >= 4 is 28.5 Å². The number of nitrogens with zero attached hydrogens (tertiary/aromatic N) is 1. The van der Waals surface area contributed by atoms with Crippen LogP contribution >= 0.6 is 11.3 Å². The molecular weight excluding hydrogens is 318 g/mol. The molecule has 0 unspecified atom stereocenters. The third kappa shape index (κ3) is 4.96. The number of benzene rings is 1. The number of rotatable bonds is 6. The van der Waals surface area contributed by atoms with Gasteiger partial charge in [0.15, 0.2) is 5.13 Å². The number of methoxy groups -OCH3 is 2. The van der Waals surface area contributed by atoms with Crippen LogP contribution in [0.5, 0.6) is 5.75 Å². The lowest BCUT2D eigenvalue weighted by molar-refractivity contribution is -0.120. The minimum Gasteiger partial charge on any atom is -0.496 e. The SMILES string of the molecule is COC(=O)Nc1nc(CC(=O)NCc2ccccc2OC)cs1. The standard InChI is InChI=1S/C15H17N3O4S/c1-21-12-6-4-3-5-10(12)8-16-13(19)7-11-9-23-14(17-11)18-15(20)22-2/h3-6,9H,7-8H2,1-2H3,(H,16,19)(H,17,18,20). The third-order valence-corrected chi connectivity index (χ3v) is 3.76. The zero-order valence-electron chi connectivity index (χ0n) is 12.8. The molecule has 2 aromatic rings. The van der Waals surface area contributed by atoms with E-state index in [1.54, 1.807) is 12.5 Å². The number of para-hydroxylation sites is 1. The Hall–Kier alpha value is -2.61. The molecule has 1 heterocycles. The summed E-state index contributed by atoms with van der Waals surface area (Å²) in [5, 5.41) is 7.38. The first-order chi connectivity index (χ1) is 11.1. The summed E-state index contributed by atoms with van der Waals surface area (Å²) >= 11 is 1.23. The molecule has 0 bridgehead atoms. The highest BCUT2D eigenvalue weighted by Crippen LogP contribution is 2.18. The van der Waals surface area contributed by atoms with Crippen LogP contribution in [0.4, 0.5) is 9.93 Å². The Kier molecular flexibility index (Phi) is 5.93. The minimum atomic E-state index is -0.591. The van der Waals surface area contributed by atoms with Gasteiger partial charge in [-0.3, -0.25) is 10.1 Å². The third-order valence-electron chi connectivity index (χ3n) is 2.96. The number of hydrogen-bond donors (Lipinski definition) is 2. The molecule has 0 aliphatic carbocycles. The first-order valence-electron chi connectivity index (χ1n) is 6.80. The molecular formula is C15H17N3O4S. The van der Waals surface area contributed by atoms with E-state index in [4.69, 9.17) is 4.74 Å². The van der Waals surface area contributed by atoms with Crippen LogP contribution in [-0.2, 0) is 22.5 Å². The molecule has 1 aromatic carbocycles. The highest BCUT2D eigenvalue weighted by atomic mass is 32.1. The normalized spacial score (nSPS) is 10.0. The molecule has 122 valence electrons. The number of thiazole rings is 1. The summed E-state index contributed by atoms with van der Waals surface area (Å²) in [6.07, 6.45) is -0.458. The number of carbonyl (C=O) groups excluding carboxylic acids is 2. The van der Waals surface area contributed by atoms with Crippen molar-refractivity contribution in [3.63, 3.8) is 0 Å². The van der Waals surface area contributed by atoms with Crippen LogP contribution in [0.25, 0.3) is 0 Å². The van der Waals surface area contributed by atoms with Crippen LogP contribution in [-0.4, -0.2) is 31.2 Å². The molecule has 1 aromatic heterocycles. The molecule has 0 aliphatic rings. The molecule has 0 saturated heterocycles. The van der Waals surface area contributed by atoms with Gasteiger partial charge in [-0.25, -0.2) is 9.78 Å². The lowest BCUT2D eigenvalue weighted by atomic mass is 10.2. The molecule has 2 rings (SSSR count). The Morgan fingerprint density at radius 3 is 2.78 bits per heavy atom. The van der Waals surface area contributed by atoms with Gasteiger partial charge in [0.2, 0.25) is 5.91 Å². The Labute approximate surface area is 137 Å². The molecule has 23 heavy (non-hydrogen) atoms. The van der Waals surface area contributed by atoms with Crippen molar-refractivity contribution in [2.45, 2.75) is 13.0 Å². The summed E-state index contributed by atoms with van der Waals surface area (Å²) in [7, 11) is 2.86. The van der Waals surface area contributed by atoms with Crippen molar-refractivity contribution in [2.24, 2.45) is 0 Å². The maximum Gasteiger partial charge on any atom is 0.413 e. The van der Waals surface area contributed by atoms with E-state index in [1.165, 1.54) is 18.4 Å². The van der Waals surface area contributed by atoms with Gasteiger partial charge in [0.05, 0.1) is 26.3 Å². The van der Waals surface area contributed by atoms with Gasteiger partial charge in [-0.2, -0.15) is 0 Å². The van der Waals surface area contributed by atoms with Crippen LogP contribution in [0.15, 0.2) is 29.6 Å². The van der Waals surface area contributed by atoms with Gasteiger partial charge in [-0.05, 0) is 6.07 Å². The smallest absolute Gasteiger partial charge is 0.413 e. The van der Waals surface area contributed by atoms with Crippen LogP contribution in [0.1, 0.15) is 11.3 Å². The van der Waals surface area contributed by atoms with Crippen LogP contribution in [0.2, 0.25) is 0 Å². The van der Waals surface area contributed by atoms with Gasteiger partial charge < -0.3 is 14.8 Å². The molecule has 7 nitrogen and oxygen atoms in total. The van der Waals surface area contributed by atoms with Gasteiger partial charge in [0.1, 0.15) is 5.75 Å². The molecule has 0 saturated carbocycles. The Bertz CT molecular complexity index is 687. The van der Waals surface area contributed by atoms with E-state index in [-0.39, 0.29) is 12.3 Å². The second-order valence-corrected chi connectivity index (χ2v) is 5.38. The van der Waals surface area contributed by atoms with Crippen molar-refractivity contribution in [3.8, 4) is 5.75 Å². The van der Waals surface area contributed by atoms with E-state index in [0.29, 0.717) is 17.4 Å². The number of nitrogens with one attached hydrogen (secondary N) is 2. The summed E-state index contributed by atoms with van der Waals surface area (Å²) in [4.78, 5) is 27.2. The predicted octanol–water partition coefficient (Wildman–Crippen LogP) is 2.19. The highest BCUT2D eigenvalue weighted by molar-refractivity contribution is 7.13. The van der Waals surface area contributed by atoms with E-state index in [9.17, 15) is 9.59 Å². The summed E-state index contributed by atoms with van der Waals surface area (Å²) in [5.41, 5.74) is 1.48. The predicted molar refractivity (Wildman–Crippen MR) is 86.7 cm³/mol. The molecule has 2 amide bonds. The number of carbonyl (C=O) groups is 2. The van der Waals surface area contributed by atoms with E-state index >= 15 is 0 Å². The van der Waals surface area contributed by atoms with Crippen LogP contribution in [0, 0.1) is 0 Å². The topological polar surface area (TPSA) is 89.5 Å². The first-order valence-corrected chi connectivity index (χ1v) is 7.68. The summed E-state index contributed by atoms with van der Waals surface area (Å²) in [6, 6.07) is 7.48. The average Bonchev–Trinajstić information content (AvgIpc) is 2.99. The number of amides is 2. The number of aromatic nitrogens is 1. The molecule has 0 spiro atoms. The zero-order chi connectivity index (χ0) is 16.7. The Morgan fingerprint density at radius 1 is 1.26 bits per heavy atom. The van der Waals surface area contributed by atoms with Crippen molar-refractivity contribution in [2.75, 3.05) is 19.5 Å². The summed E-state index contributed by atoms with van der Waals surface area (Å²) in [5.74, 6) is 0.567. The molecule has 2 N–H and O–H groups in total. The van der Waals surface area contributed by atoms with E-state index in [2.05, 4.69) is 20.4 Å². The van der Waals surface area contributed by atoms with E-state index < -0.39 is 6.09 Å². The van der Waals surface area contributed by atoms with Crippen LogP contribution in [0.3, 0.4) is 0 Å². The lowest BCUT2D eigenvalue weighted by Gasteiger charge is -2.09. The van der Waals surface area contributed by atoms with Gasteiger partial charge >= 0.3 is 6.09 Å². The quantitative estimate of drug-likeness (QED) is 0.844. The molecule has 0 aliphatic heterocycles. The molecule has 8 heteroatoms. The lowest BCUT2D eigenvalue weighted by Crippen LogP contribution is -2.25. The van der Waals surface area contributed by atoms with Crippen LogP contribution < -0.4 is 15.4 Å². The monoisotopic (exact) mass is 335 g/mol. The second-order valence-electron chi connectivity index (χ2n) is 4.53.